The van der Waals surface area contributed by atoms with E-state index in [0.717, 1.165) is 17.2 Å². The Morgan fingerprint density at radius 1 is 1.31 bits per heavy atom. The Hall–Kier alpha value is -0.830. The molecule has 3 nitrogen and oxygen atoms in total. The predicted octanol–water partition coefficient (Wildman–Crippen LogP) is 3.53. The summed E-state index contributed by atoms with van der Waals surface area (Å²) in [7, 11) is 0. The van der Waals surface area contributed by atoms with Crippen molar-refractivity contribution < 1.29 is 0 Å². The molecule has 1 aliphatic carbocycles. The summed E-state index contributed by atoms with van der Waals surface area (Å²) < 4.78 is 0. The second kappa shape index (κ2) is 3.88. The number of hydrogen-bond donors (Lipinski definition) is 1. The van der Waals surface area contributed by atoms with Crippen LogP contribution in [0.4, 0.5) is 5.82 Å². The van der Waals surface area contributed by atoms with E-state index in [1.54, 1.807) is 0 Å². The summed E-state index contributed by atoms with van der Waals surface area (Å²) in [5.74, 6) is 2.00. The molecule has 1 heterocycles. The summed E-state index contributed by atoms with van der Waals surface area (Å²) in [4.78, 5) is 8.85. The highest BCUT2D eigenvalue weighted by Gasteiger charge is 2.38. The van der Waals surface area contributed by atoms with Crippen LogP contribution in [-0.4, -0.2) is 15.5 Å². The third-order valence-corrected chi connectivity index (χ3v) is 3.41. The molecule has 1 saturated carbocycles. The molecule has 1 aromatic rings. The zero-order chi connectivity index (χ0) is 11.9. The van der Waals surface area contributed by atoms with Crippen molar-refractivity contribution in [3.05, 3.63) is 16.5 Å². The summed E-state index contributed by atoms with van der Waals surface area (Å²) >= 11 is 6.12. The first-order chi connectivity index (χ1) is 7.41. The number of hydrogen-bond acceptors (Lipinski definition) is 3. The Kier molecular flexibility index (Phi) is 2.82. The van der Waals surface area contributed by atoms with Crippen LogP contribution < -0.4 is 5.32 Å². The van der Waals surface area contributed by atoms with Gasteiger partial charge in [0, 0.05) is 17.0 Å². The number of anilines is 1. The van der Waals surface area contributed by atoms with Gasteiger partial charge in [-0.1, -0.05) is 25.4 Å². The van der Waals surface area contributed by atoms with E-state index < -0.39 is 0 Å². The minimum atomic E-state index is 0.219. The minimum Gasteiger partial charge on any atom is -0.365 e. The predicted molar refractivity (Wildman–Crippen MR) is 67.1 cm³/mol. The fraction of sp³-hybridized carbons (Fsp3) is 0.667. The Morgan fingerprint density at radius 2 is 1.94 bits per heavy atom. The Balaban J connectivity index is 2.34. The van der Waals surface area contributed by atoms with Crippen LogP contribution in [-0.2, 0) is 0 Å². The fourth-order valence-corrected chi connectivity index (χ4v) is 1.66. The maximum Gasteiger partial charge on any atom is 0.137 e. The summed E-state index contributed by atoms with van der Waals surface area (Å²) in [6, 6.07) is 0. The second-order valence-corrected chi connectivity index (χ2v) is 5.54. The monoisotopic (exact) mass is 239 g/mol. The van der Waals surface area contributed by atoms with Gasteiger partial charge in [0.05, 0.1) is 0 Å². The zero-order valence-corrected chi connectivity index (χ0v) is 11.0. The Labute approximate surface area is 102 Å². The van der Waals surface area contributed by atoms with Crippen molar-refractivity contribution in [3.63, 3.8) is 0 Å². The molecule has 4 heteroatoms. The molecule has 0 saturated heterocycles. The van der Waals surface area contributed by atoms with Crippen LogP contribution in [0, 0.1) is 6.92 Å². The average molecular weight is 240 g/mol. The number of nitrogens with zero attached hydrogens (tertiary/aromatic N) is 2. The van der Waals surface area contributed by atoms with Crippen molar-refractivity contribution >= 4 is 17.4 Å². The highest BCUT2D eigenvalue weighted by molar-refractivity contribution is 6.30. The van der Waals surface area contributed by atoms with Crippen molar-refractivity contribution in [3.8, 4) is 0 Å². The first-order valence-corrected chi connectivity index (χ1v) is 6.11. The van der Waals surface area contributed by atoms with E-state index in [-0.39, 0.29) is 5.54 Å². The lowest BCUT2D eigenvalue weighted by Gasteiger charge is -2.16. The Morgan fingerprint density at radius 3 is 2.44 bits per heavy atom. The lowest BCUT2D eigenvalue weighted by atomic mass is 10.2. The van der Waals surface area contributed by atoms with Gasteiger partial charge in [-0.2, -0.15) is 0 Å². The van der Waals surface area contributed by atoms with Crippen LogP contribution in [0.25, 0.3) is 0 Å². The average Bonchev–Trinajstić information content (AvgIpc) is 2.91. The van der Waals surface area contributed by atoms with Gasteiger partial charge in [0.15, 0.2) is 0 Å². The first-order valence-electron chi connectivity index (χ1n) is 5.73. The maximum atomic E-state index is 6.12. The molecule has 0 unspecified atom stereocenters. The molecule has 16 heavy (non-hydrogen) atoms. The zero-order valence-electron chi connectivity index (χ0n) is 10.3. The van der Waals surface area contributed by atoms with E-state index in [1.807, 2.05) is 6.92 Å². The lowest BCUT2D eigenvalue weighted by Crippen LogP contribution is -2.19. The molecule has 0 atom stereocenters. The van der Waals surface area contributed by atoms with E-state index in [0.29, 0.717) is 11.1 Å². The van der Waals surface area contributed by atoms with Gasteiger partial charge in [-0.25, -0.2) is 9.97 Å². The van der Waals surface area contributed by atoms with Crippen LogP contribution in [0.2, 0.25) is 5.15 Å². The SMILES string of the molecule is Cc1c(Cl)nc(C(C)C)nc1NC1(C)CC1. The van der Waals surface area contributed by atoms with Crippen molar-refractivity contribution in [2.45, 2.75) is 52.0 Å². The molecule has 1 aromatic heterocycles. The van der Waals surface area contributed by atoms with Gasteiger partial charge in [0.2, 0.25) is 0 Å². The highest BCUT2D eigenvalue weighted by atomic mass is 35.5. The van der Waals surface area contributed by atoms with Gasteiger partial charge in [-0.3, -0.25) is 0 Å². The molecule has 1 N–H and O–H groups in total. The van der Waals surface area contributed by atoms with Crippen LogP contribution in [0.1, 0.15) is 50.9 Å². The normalized spacial score (nSPS) is 17.6. The topological polar surface area (TPSA) is 37.8 Å². The van der Waals surface area contributed by atoms with Crippen LogP contribution in [0.15, 0.2) is 0 Å². The van der Waals surface area contributed by atoms with Gasteiger partial charge >= 0.3 is 0 Å². The molecular formula is C12H18ClN3. The molecular weight excluding hydrogens is 222 g/mol. The Bertz CT molecular complexity index is 411. The van der Waals surface area contributed by atoms with E-state index in [9.17, 15) is 0 Å². The largest absolute Gasteiger partial charge is 0.365 e. The molecule has 0 amide bonds. The third-order valence-electron chi connectivity index (χ3n) is 3.04. The maximum absolute atomic E-state index is 6.12. The van der Waals surface area contributed by atoms with Crippen molar-refractivity contribution in [1.29, 1.82) is 0 Å². The summed E-state index contributed by atoms with van der Waals surface area (Å²) in [5.41, 5.74) is 1.16. The van der Waals surface area contributed by atoms with E-state index in [2.05, 4.69) is 36.1 Å². The quantitative estimate of drug-likeness (QED) is 0.820. The molecule has 0 aromatic carbocycles. The van der Waals surface area contributed by atoms with Gasteiger partial charge in [0.25, 0.3) is 0 Å². The molecule has 0 spiro atoms. The number of nitrogens with one attached hydrogen (secondary N) is 1. The smallest absolute Gasteiger partial charge is 0.137 e. The highest BCUT2D eigenvalue weighted by Crippen LogP contribution is 2.39. The molecule has 1 fully saturated rings. The van der Waals surface area contributed by atoms with Crippen LogP contribution in [0.5, 0.6) is 0 Å². The van der Waals surface area contributed by atoms with Gasteiger partial charge in [-0.05, 0) is 26.7 Å². The third kappa shape index (κ3) is 2.29. The van der Waals surface area contributed by atoms with E-state index >= 15 is 0 Å². The number of aromatic nitrogens is 2. The first kappa shape index (κ1) is 11.6. The van der Waals surface area contributed by atoms with Crippen molar-refractivity contribution in [2.75, 3.05) is 5.32 Å². The molecule has 88 valence electrons. The van der Waals surface area contributed by atoms with Crippen molar-refractivity contribution in [2.24, 2.45) is 0 Å². The number of rotatable bonds is 3. The molecule has 0 aliphatic heterocycles. The fourth-order valence-electron chi connectivity index (χ4n) is 1.48. The molecule has 0 bridgehead atoms. The van der Waals surface area contributed by atoms with E-state index in [4.69, 9.17) is 11.6 Å². The van der Waals surface area contributed by atoms with Crippen LogP contribution >= 0.6 is 11.6 Å². The minimum absolute atomic E-state index is 0.219. The molecule has 0 radical (unpaired) electrons. The standard InChI is InChI=1S/C12H18ClN3/c1-7(2)10-14-9(13)8(3)11(15-10)16-12(4)5-6-12/h7H,5-6H2,1-4H3,(H,14,15,16). The van der Waals surface area contributed by atoms with Crippen LogP contribution in [0.3, 0.4) is 0 Å². The second-order valence-electron chi connectivity index (χ2n) is 5.19. The van der Waals surface area contributed by atoms with Gasteiger partial charge in [0.1, 0.15) is 16.8 Å². The number of halogens is 1. The summed E-state index contributed by atoms with van der Waals surface area (Å²) in [6.07, 6.45) is 2.40. The molecule has 2 rings (SSSR count). The molecule has 1 aliphatic rings. The van der Waals surface area contributed by atoms with E-state index in [1.165, 1.54) is 12.8 Å². The summed E-state index contributed by atoms with van der Waals surface area (Å²) in [6.45, 7) is 8.31. The summed E-state index contributed by atoms with van der Waals surface area (Å²) in [5, 5.41) is 4.02. The van der Waals surface area contributed by atoms with Gasteiger partial charge < -0.3 is 5.32 Å². The lowest BCUT2D eigenvalue weighted by molar-refractivity contribution is 0.757. The van der Waals surface area contributed by atoms with Gasteiger partial charge in [-0.15, -0.1) is 0 Å². The van der Waals surface area contributed by atoms with Crippen molar-refractivity contribution in [1.82, 2.24) is 9.97 Å².